The van der Waals surface area contributed by atoms with E-state index in [9.17, 15) is 9.90 Å². The summed E-state index contributed by atoms with van der Waals surface area (Å²) in [5.74, 6) is 0.263. The molecule has 1 aliphatic heterocycles. The van der Waals surface area contributed by atoms with E-state index in [1.54, 1.807) is 11.0 Å². The minimum atomic E-state index is -0.0365. The molecule has 86 valence electrons. The molecular formula is C13H17NO2. The van der Waals surface area contributed by atoms with Gasteiger partial charge >= 0.3 is 0 Å². The largest absolute Gasteiger partial charge is 0.506 e. The number of carbonyl (C=O) groups is 1. The van der Waals surface area contributed by atoms with Crippen molar-refractivity contribution in [1.29, 1.82) is 0 Å². The Bertz CT molecular complexity index is 412. The fourth-order valence-electron chi connectivity index (χ4n) is 2.16. The zero-order chi connectivity index (χ0) is 11.7. The number of nitrogens with zero attached hydrogens (tertiary/aromatic N) is 1. The average molecular weight is 219 g/mol. The molecule has 1 N–H and O–H groups in total. The number of hydrogen-bond donors (Lipinski definition) is 1. The Morgan fingerprint density at radius 1 is 1.44 bits per heavy atom. The third-order valence-corrected chi connectivity index (χ3v) is 2.96. The highest BCUT2D eigenvalue weighted by atomic mass is 16.3. The molecule has 0 saturated heterocycles. The lowest BCUT2D eigenvalue weighted by Crippen LogP contribution is -2.38. The number of hydrogen-bond acceptors (Lipinski definition) is 2. The first-order valence-corrected chi connectivity index (χ1v) is 5.73. The smallest absolute Gasteiger partial charge is 0.229 e. The third kappa shape index (κ3) is 1.77. The van der Waals surface area contributed by atoms with E-state index in [0.717, 1.165) is 18.4 Å². The third-order valence-electron chi connectivity index (χ3n) is 2.96. The standard InChI is InChI=1S/C13H17NO2/c1-9(2)13(16)14-8-4-6-10-5-3-7-11(15)12(10)14/h3,5,7,9,15H,4,6,8H2,1-2H3. The first kappa shape index (κ1) is 11.0. The molecule has 0 aromatic heterocycles. The molecule has 0 fully saturated rings. The van der Waals surface area contributed by atoms with Crippen LogP contribution in [0.2, 0.25) is 0 Å². The van der Waals surface area contributed by atoms with Crippen molar-refractivity contribution in [2.24, 2.45) is 5.92 Å². The van der Waals surface area contributed by atoms with Crippen molar-refractivity contribution in [2.75, 3.05) is 11.4 Å². The molecule has 1 aromatic carbocycles. The number of para-hydroxylation sites is 1. The lowest BCUT2D eigenvalue weighted by atomic mass is 9.99. The Morgan fingerprint density at radius 2 is 2.19 bits per heavy atom. The van der Waals surface area contributed by atoms with E-state index >= 15 is 0 Å². The van der Waals surface area contributed by atoms with Crippen LogP contribution in [0.3, 0.4) is 0 Å². The number of phenols is 1. The van der Waals surface area contributed by atoms with Crippen LogP contribution < -0.4 is 4.90 Å². The number of fused-ring (bicyclic) bond motifs is 1. The summed E-state index contributed by atoms with van der Waals surface area (Å²) >= 11 is 0. The van der Waals surface area contributed by atoms with Crippen LogP contribution in [0.4, 0.5) is 5.69 Å². The number of anilines is 1. The van der Waals surface area contributed by atoms with Gasteiger partial charge in [0.15, 0.2) is 0 Å². The fourth-order valence-corrected chi connectivity index (χ4v) is 2.16. The SMILES string of the molecule is CC(C)C(=O)N1CCCc2cccc(O)c21. The second kappa shape index (κ2) is 4.16. The van der Waals surface area contributed by atoms with Crippen LogP contribution in [0.5, 0.6) is 5.75 Å². The molecule has 0 spiro atoms. The summed E-state index contributed by atoms with van der Waals surface area (Å²) in [4.78, 5) is 13.7. The number of phenolic OH excluding ortho intramolecular Hbond substituents is 1. The molecule has 3 heteroatoms. The van der Waals surface area contributed by atoms with Crippen molar-refractivity contribution in [1.82, 2.24) is 0 Å². The molecule has 1 amide bonds. The predicted molar refractivity (Wildman–Crippen MR) is 63.6 cm³/mol. The number of aryl methyl sites for hydroxylation is 1. The van der Waals surface area contributed by atoms with Gasteiger partial charge in [0.1, 0.15) is 5.75 Å². The normalized spacial score (nSPS) is 15.1. The molecule has 0 unspecified atom stereocenters. The summed E-state index contributed by atoms with van der Waals surface area (Å²) in [6, 6.07) is 5.46. The Kier molecular flexibility index (Phi) is 2.86. The van der Waals surface area contributed by atoms with Crippen LogP contribution in [-0.4, -0.2) is 17.6 Å². The summed E-state index contributed by atoms with van der Waals surface area (Å²) in [6.07, 6.45) is 1.90. The van der Waals surface area contributed by atoms with Crippen LogP contribution in [-0.2, 0) is 11.2 Å². The van der Waals surface area contributed by atoms with Gasteiger partial charge in [0.2, 0.25) is 5.91 Å². The van der Waals surface area contributed by atoms with E-state index in [4.69, 9.17) is 0 Å². The highest BCUT2D eigenvalue weighted by molar-refractivity contribution is 5.97. The van der Waals surface area contributed by atoms with Gasteiger partial charge in [0.05, 0.1) is 5.69 Å². The number of aromatic hydroxyl groups is 1. The van der Waals surface area contributed by atoms with Gasteiger partial charge in [-0.25, -0.2) is 0 Å². The van der Waals surface area contributed by atoms with Gasteiger partial charge in [-0.1, -0.05) is 26.0 Å². The highest BCUT2D eigenvalue weighted by Gasteiger charge is 2.26. The first-order chi connectivity index (χ1) is 7.61. The van der Waals surface area contributed by atoms with Crippen LogP contribution in [0.1, 0.15) is 25.8 Å². The first-order valence-electron chi connectivity index (χ1n) is 5.73. The van der Waals surface area contributed by atoms with E-state index in [2.05, 4.69) is 0 Å². The van der Waals surface area contributed by atoms with Crippen LogP contribution in [0.15, 0.2) is 18.2 Å². The van der Waals surface area contributed by atoms with Crippen molar-refractivity contribution < 1.29 is 9.90 Å². The second-order valence-electron chi connectivity index (χ2n) is 4.53. The van der Waals surface area contributed by atoms with Crippen LogP contribution >= 0.6 is 0 Å². The zero-order valence-corrected chi connectivity index (χ0v) is 9.73. The van der Waals surface area contributed by atoms with Crippen LogP contribution in [0.25, 0.3) is 0 Å². The average Bonchev–Trinajstić information content (AvgIpc) is 2.27. The number of rotatable bonds is 1. The highest BCUT2D eigenvalue weighted by Crippen LogP contribution is 2.35. The summed E-state index contributed by atoms with van der Waals surface area (Å²) in [5.41, 5.74) is 1.78. The maximum Gasteiger partial charge on any atom is 0.229 e. The molecule has 2 rings (SSSR count). The van der Waals surface area contributed by atoms with Gasteiger partial charge in [-0.3, -0.25) is 4.79 Å². The molecule has 0 bridgehead atoms. The van der Waals surface area contributed by atoms with Gasteiger partial charge in [0.25, 0.3) is 0 Å². The molecule has 3 nitrogen and oxygen atoms in total. The zero-order valence-electron chi connectivity index (χ0n) is 9.73. The summed E-state index contributed by atoms with van der Waals surface area (Å²) < 4.78 is 0. The molecule has 0 radical (unpaired) electrons. The van der Waals surface area contributed by atoms with E-state index in [-0.39, 0.29) is 17.6 Å². The van der Waals surface area contributed by atoms with Crippen molar-refractivity contribution in [3.8, 4) is 5.75 Å². The Labute approximate surface area is 95.7 Å². The number of carbonyl (C=O) groups excluding carboxylic acids is 1. The monoisotopic (exact) mass is 219 g/mol. The van der Waals surface area contributed by atoms with Gasteiger partial charge < -0.3 is 10.0 Å². The maximum atomic E-state index is 12.0. The summed E-state index contributed by atoms with van der Waals surface area (Å²) in [5, 5.41) is 9.86. The van der Waals surface area contributed by atoms with E-state index in [0.29, 0.717) is 12.2 Å². The van der Waals surface area contributed by atoms with Gasteiger partial charge in [-0.05, 0) is 24.5 Å². The van der Waals surface area contributed by atoms with E-state index in [1.165, 1.54) is 0 Å². The van der Waals surface area contributed by atoms with Gasteiger partial charge in [-0.15, -0.1) is 0 Å². The minimum Gasteiger partial charge on any atom is -0.506 e. The molecule has 0 atom stereocenters. The molecule has 16 heavy (non-hydrogen) atoms. The lowest BCUT2D eigenvalue weighted by molar-refractivity contribution is -0.121. The minimum absolute atomic E-state index is 0.0365. The summed E-state index contributed by atoms with van der Waals surface area (Å²) in [7, 11) is 0. The Balaban J connectivity index is 2.43. The fraction of sp³-hybridized carbons (Fsp3) is 0.462. The van der Waals surface area contributed by atoms with E-state index < -0.39 is 0 Å². The second-order valence-corrected chi connectivity index (χ2v) is 4.53. The van der Waals surface area contributed by atoms with Crippen molar-refractivity contribution in [3.63, 3.8) is 0 Å². The number of benzene rings is 1. The molecular weight excluding hydrogens is 202 g/mol. The predicted octanol–water partition coefficient (Wildman–Crippen LogP) is 2.33. The maximum absolute atomic E-state index is 12.0. The molecule has 1 aliphatic rings. The molecule has 1 heterocycles. The topological polar surface area (TPSA) is 40.5 Å². The summed E-state index contributed by atoms with van der Waals surface area (Å²) in [6.45, 7) is 4.48. The molecule has 0 saturated carbocycles. The lowest BCUT2D eigenvalue weighted by Gasteiger charge is -2.31. The van der Waals surface area contributed by atoms with Crippen molar-refractivity contribution in [3.05, 3.63) is 23.8 Å². The van der Waals surface area contributed by atoms with E-state index in [1.807, 2.05) is 26.0 Å². The van der Waals surface area contributed by atoms with Crippen molar-refractivity contribution in [2.45, 2.75) is 26.7 Å². The van der Waals surface area contributed by atoms with Crippen molar-refractivity contribution >= 4 is 11.6 Å². The van der Waals surface area contributed by atoms with Gasteiger partial charge in [-0.2, -0.15) is 0 Å². The Morgan fingerprint density at radius 3 is 2.88 bits per heavy atom. The Hall–Kier alpha value is -1.51. The van der Waals surface area contributed by atoms with Crippen LogP contribution in [0, 0.1) is 5.92 Å². The number of amides is 1. The van der Waals surface area contributed by atoms with Gasteiger partial charge in [0, 0.05) is 12.5 Å². The molecule has 0 aliphatic carbocycles. The molecule has 1 aromatic rings. The quantitative estimate of drug-likeness (QED) is 0.787.